The van der Waals surface area contributed by atoms with Gasteiger partial charge in [0.25, 0.3) is 5.91 Å². The molecule has 0 spiro atoms. The molecular formula is C28H24ClFN4O3S. The molecule has 3 aromatic carbocycles. The Labute approximate surface area is 228 Å². The number of methoxy groups -OCH3 is 1. The lowest BCUT2D eigenvalue weighted by atomic mass is 9.98. The average molecular weight is 551 g/mol. The van der Waals surface area contributed by atoms with Gasteiger partial charge >= 0.3 is 0 Å². The third-order valence-electron chi connectivity index (χ3n) is 6.34. The predicted molar refractivity (Wildman–Crippen MR) is 148 cm³/mol. The Hall–Kier alpha value is -3.69. The highest BCUT2D eigenvalue weighted by atomic mass is 35.5. The van der Waals surface area contributed by atoms with E-state index < -0.39 is 22.9 Å². The van der Waals surface area contributed by atoms with Crippen LogP contribution in [0.5, 0.6) is 5.75 Å². The number of carbonyl (C=O) groups is 2. The van der Waals surface area contributed by atoms with Crippen molar-refractivity contribution in [3.05, 3.63) is 94.3 Å². The zero-order chi connectivity index (χ0) is 26.8. The SMILES string of the molecule is COc1ccc([C@@H]2CC(c3ccc(Cl)cc3)=NN2C2=NC(=O)[C@H](CC(=O)Nc3ccc(C)c(F)c3)S2)cc1. The topological polar surface area (TPSA) is 83.4 Å². The molecule has 2 heterocycles. The maximum absolute atomic E-state index is 13.9. The minimum atomic E-state index is -0.702. The summed E-state index contributed by atoms with van der Waals surface area (Å²) in [4.78, 5) is 29.7. The molecule has 3 aromatic rings. The monoisotopic (exact) mass is 550 g/mol. The minimum Gasteiger partial charge on any atom is -0.497 e. The maximum atomic E-state index is 13.9. The number of amidine groups is 1. The van der Waals surface area contributed by atoms with E-state index in [1.165, 1.54) is 17.8 Å². The number of benzene rings is 3. The highest BCUT2D eigenvalue weighted by Gasteiger charge is 2.39. The molecule has 0 radical (unpaired) electrons. The normalized spacial score (nSPS) is 18.8. The number of anilines is 1. The first-order chi connectivity index (χ1) is 18.3. The summed E-state index contributed by atoms with van der Waals surface area (Å²) in [5.41, 5.74) is 3.56. The number of aliphatic imine (C=N–C) groups is 1. The number of hydrogen-bond acceptors (Lipinski definition) is 6. The summed E-state index contributed by atoms with van der Waals surface area (Å²) < 4.78 is 19.1. The van der Waals surface area contributed by atoms with Gasteiger partial charge in [0, 0.05) is 23.6 Å². The second-order valence-corrected chi connectivity index (χ2v) is 10.6. The van der Waals surface area contributed by atoms with Crippen molar-refractivity contribution in [2.75, 3.05) is 12.4 Å². The van der Waals surface area contributed by atoms with Crippen molar-refractivity contribution in [2.24, 2.45) is 10.1 Å². The van der Waals surface area contributed by atoms with Crippen LogP contribution in [-0.4, -0.2) is 40.1 Å². The van der Waals surface area contributed by atoms with Gasteiger partial charge in [0.1, 0.15) is 16.8 Å². The summed E-state index contributed by atoms with van der Waals surface area (Å²) in [6.45, 7) is 1.64. The second-order valence-electron chi connectivity index (χ2n) is 8.95. The molecule has 0 fully saturated rings. The molecule has 2 amide bonds. The molecular weight excluding hydrogens is 527 g/mol. The lowest BCUT2D eigenvalue weighted by molar-refractivity contribution is -0.121. The number of hydrogen-bond donors (Lipinski definition) is 1. The quantitative estimate of drug-likeness (QED) is 0.408. The zero-order valence-corrected chi connectivity index (χ0v) is 22.2. The Balaban J connectivity index is 1.34. The van der Waals surface area contributed by atoms with Gasteiger partial charge in [0.05, 0.1) is 18.9 Å². The van der Waals surface area contributed by atoms with Crippen LogP contribution in [0.25, 0.3) is 0 Å². The summed E-state index contributed by atoms with van der Waals surface area (Å²) in [6.07, 6.45) is 0.493. The Bertz CT molecular complexity index is 1440. The predicted octanol–water partition coefficient (Wildman–Crippen LogP) is 5.97. The number of carbonyl (C=O) groups excluding carboxylic acids is 2. The van der Waals surface area contributed by atoms with E-state index >= 15 is 0 Å². The lowest BCUT2D eigenvalue weighted by Gasteiger charge is -2.23. The van der Waals surface area contributed by atoms with Crippen LogP contribution in [0.4, 0.5) is 10.1 Å². The number of halogens is 2. The third-order valence-corrected chi connectivity index (χ3v) is 7.73. The molecule has 0 aliphatic carbocycles. The first kappa shape index (κ1) is 25.9. The summed E-state index contributed by atoms with van der Waals surface area (Å²) in [6, 6.07) is 19.4. The van der Waals surface area contributed by atoms with E-state index in [9.17, 15) is 14.0 Å². The van der Waals surface area contributed by atoms with Crippen LogP contribution >= 0.6 is 23.4 Å². The molecule has 194 valence electrons. The van der Waals surface area contributed by atoms with Crippen molar-refractivity contribution < 1.29 is 18.7 Å². The summed E-state index contributed by atoms with van der Waals surface area (Å²) in [5.74, 6) is -0.472. The van der Waals surface area contributed by atoms with Crippen molar-refractivity contribution in [2.45, 2.75) is 31.1 Å². The van der Waals surface area contributed by atoms with Crippen LogP contribution in [0.2, 0.25) is 5.02 Å². The van der Waals surface area contributed by atoms with E-state index in [4.69, 9.17) is 21.4 Å². The lowest BCUT2D eigenvalue weighted by Crippen LogP contribution is -2.25. The fraction of sp³-hybridized carbons (Fsp3) is 0.214. The van der Waals surface area contributed by atoms with Crippen LogP contribution in [0.3, 0.4) is 0 Å². The molecule has 7 nitrogen and oxygen atoms in total. The van der Waals surface area contributed by atoms with E-state index in [-0.39, 0.29) is 12.5 Å². The van der Waals surface area contributed by atoms with Crippen LogP contribution in [-0.2, 0) is 9.59 Å². The number of nitrogens with zero attached hydrogens (tertiary/aromatic N) is 3. The van der Waals surface area contributed by atoms with E-state index in [1.807, 2.05) is 48.5 Å². The van der Waals surface area contributed by atoms with Gasteiger partial charge in [-0.05, 0) is 60.0 Å². The first-order valence-electron chi connectivity index (χ1n) is 11.9. The molecule has 0 saturated carbocycles. The molecule has 0 unspecified atom stereocenters. The minimum absolute atomic E-state index is 0.0964. The summed E-state index contributed by atoms with van der Waals surface area (Å²) in [5, 5.41) is 9.60. The van der Waals surface area contributed by atoms with Gasteiger partial charge < -0.3 is 10.1 Å². The van der Waals surface area contributed by atoms with Crippen molar-refractivity contribution >= 4 is 51.7 Å². The molecule has 2 aliphatic rings. The summed E-state index contributed by atoms with van der Waals surface area (Å²) in [7, 11) is 1.61. The Morgan fingerprint density at radius 2 is 1.89 bits per heavy atom. The highest BCUT2D eigenvalue weighted by Crippen LogP contribution is 2.39. The Kier molecular flexibility index (Phi) is 7.49. The van der Waals surface area contributed by atoms with Crippen molar-refractivity contribution in [1.29, 1.82) is 0 Å². The number of nitrogens with one attached hydrogen (secondary N) is 1. The van der Waals surface area contributed by atoms with Crippen LogP contribution in [0.15, 0.2) is 76.8 Å². The molecule has 5 rings (SSSR count). The number of hydrazone groups is 1. The number of aryl methyl sites for hydroxylation is 1. The molecule has 0 bridgehead atoms. The van der Waals surface area contributed by atoms with Gasteiger partial charge in [-0.25, -0.2) is 9.40 Å². The van der Waals surface area contributed by atoms with Gasteiger partial charge in [0.2, 0.25) is 5.91 Å². The van der Waals surface area contributed by atoms with Crippen LogP contribution in [0.1, 0.15) is 35.6 Å². The molecule has 10 heteroatoms. The van der Waals surface area contributed by atoms with E-state index in [0.29, 0.717) is 27.9 Å². The van der Waals surface area contributed by atoms with Crippen LogP contribution in [0, 0.1) is 12.7 Å². The third kappa shape index (κ3) is 5.58. The van der Waals surface area contributed by atoms with E-state index in [2.05, 4.69) is 10.3 Å². The highest BCUT2D eigenvalue weighted by molar-refractivity contribution is 8.15. The van der Waals surface area contributed by atoms with Gasteiger partial charge in [-0.15, -0.1) is 0 Å². The molecule has 2 aliphatic heterocycles. The Morgan fingerprint density at radius 1 is 1.16 bits per heavy atom. The fourth-order valence-electron chi connectivity index (χ4n) is 4.24. The summed E-state index contributed by atoms with van der Waals surface area (Å²) >= 11 is 7.27. The van der Waals surface area contributed by atoms with Crippen molar-refractivity contribution in [3.63, 3.8) is 0 Å². The molecule has 1 N–H and O–H groups in total. The fourth-order valence-corrected chi connectivity index (χ4v) is 5.43. The number of amides is 2. The molecule has 38 heavy (non-hydrogen) atoms. The van der Waals surface area contributed by atoms with E-state index in [1.54, 1.807) is 31.2 Å². The standard InChI is InChI=1S/C28H24ClFN4O3S/c1-16-3-10-20(13-22(16)30)31-26(35)15-25-27(36)32-28(38-25)34-24(18-6-11-21(37-2)12-7-18)14-23(33-34)17-4-8-19(29)9-5-17/h3-13,24-25H,14-15H2,1-2H3,(H,31,35)/t24-,25-/m0/s1. The molecule has 0 saturated heterocycles. The molecule has 2 atom stereocenters. The van der Waals surface area contributed by atoms with Gasteiger partial charge in [-0.3, -0.25) is 9.59 Å². The number of ether oxygens (including phenoxy) is 1. The first-order valence-corrected chi connectivity index (χ1v) is 13.2. The Morgan fingerprint density at radius 3 is 2.58 bits per heavy atom. The van der Waals surface area contributed by atoms with Crippen LogP contribution < -0.4 is 10.1 Å². The van der Waals surface area contributed by atoms with Gasteiger partial charge in [0.15, 0.2) is 5.17 Å². The van der Waals surface area contributed by atoms with Crippen molar-refractivity contribution in [3.8, 4) is 5.75 Å². The smallest absolute Gasteiger partial charge is 0.262 e. The van der Waals surface area contributed by atoms with Crippen molar-refractivity contribution in [1.82, 2.24) is 5.01 Å². The zero-order valence-electron chi connectivity index (χ0n) is 20.7. The van der Waals surface area contributed by atoms with E-state index in [0.717, 1.165) is 22.6 Å². The average Bonchev–Trinajstić information content (AvgIpc) is 3.50. The number of thioether (sulfide) groups is 1. The molecule has 0 aromatic heterocycles. The largest absolute Gasteiger partial charge is 0.497 e. The maximum Gasteiger partial charge on any atom is 0.262 e. The second kappa shape index (κ2) is 11.0. The number of rotatable bonds is 6. The van der Waals surface area contributed by atoms with Gasteiger partial charge in [-0.1, -0.05) is 53.7 Å². The van der Waals surface area contributed by atoms with Gasteiger partial charge in [-0.2, -0.15) is 10.1 Å².